The number of thiophene rings is 1. The smallest absolute Gasteiger partial charge is 0.268 e. The van der Waals surface area contributed by atoms with Crippen molar-refractivity contribution in [2.24, 2.45) is 0 Å². The highest BCUT2D eigenvalue weighted by Crippen LogP contribution is 2.30. The molecule has 0 spiro atoms. The summed E-state index contributed by atoms with van der Waals surface area (Å²) in [5.74, 6) is 1.08. The molecule has 1 amide bonds. The highest BCUT2D eigenvalue weighted by atomic mass is 32.1. The molecule has 0 fully saturated rings. The third kappa shape index (κ3) is 3.10. The summed E-state index contributed by atoms with van der Waals surface area (Å²) in [6, 6.07) is 14.4. The van der Waals surface area contributed by atoms with E-state index in [1.807, 2.05) is 23.6 Å². The van der Waals surface area contributed by atoms with Gasteiger partial charge in [-0.15, -0.1) is 11.3 Å². The van der Waals surface area contributed by atoms with Crippen LogP contribution >= 0.6 is 11.3 Å². The van der Waals surface area contributed by atoms with Gasteiger partial charge in [0, 0.05) is 11.6 Å². The van der Waals surface area contributed by atoms with Crippen LogP contribution < -0.4 is 10.1 Å². The second kappa shape index (κ2) is 6.38. The van der Waals surface area contributed by atoms with Crippen molar-refractivity contribution in [3.8, 4) is 23.1 Å². The minimum atomic E-state index is -0.299. The Balaban J connectivity index is 1.88. The molecule has 0 unspecified atom stereocenters. The molecule has 3 rings (SSSR count). The summed E-state index contributed by atoms with van der Waals surface area (Å²) in [6.45, 7) is 0. The number of furan rings is 1. The van der Waals surface area contributed by atoms with E-state index in [4.69, 9.17) is 9.15 Å². The molecule has 2 heterocycles. The third-order valence-electron chi connectivity index (χ3n) is 3.20. The van der Waals surface area contributed by atoms with Gasteiger partial charge in [-0.2, -0.15) is 5.26 Å². The van der Waals surface area contributed by atoms with Crippen LogP contribution in [0.1, 0.15) is 15.2 Å². The first kappa shape index (κ1) is 14.9. The Morgan fingerprint density at radius 3 is 2.70 bits per heavy atom. The zero-order valence-corrected chi connectivity index (χ0v) is 13.0. The van der Waals surface area contributed by atoms with E-state index >= 15 is 0 Å². The largest absolute Gasteiger partial charge is 0.497 e. The summed E-state index contributed by atoms with van der Waals surface area (Å²) in [7, 11) is 1.59. The van der Waals surface area contributed by atoms with Crippen LogP contribution in [0.15, 0.2) is 52.3 Å². The molecule has 114 valence electrons. The molecule has 1 aromatic carbocycles. The van der Waals surface area contributed by atoms with Crippen LogP contribution in [0.3, 0.4) is 0 Å². The Morgan fingerprint density at radius 2 is 2.09 bits per heavy atom. The molecular formula is C17H12N2O3S. The van der Waals surface area contributed by atoms with Crippen LogP contribution in [0.2, 0.25) is 0 Å². The van der Waals surface area contributed by atoms with Gasteiger partial charge in [0.15, 0.2) is 0 Å². The summed E-state index contributed by atoms with van der Waals surface area (Å²) < 4.78 is 10.8. The fraction of sp³-hybridized carbons (Fsp3) is 0.0588. The molecule has 23 heavy (non-hydrogen) atoms. The van der Waals surface area contributed by atoms with Gasteiger partial charge in [0.25, 0.3) is 5.91 Å². The van der Waals surface area contributed by atoms with E-state index in [1.54, 1.807) is 37.4 Å². The van der Waals surface area contributed by atoms with Gasteiger partial charge in [-0.3, -0.25) is 10.1 Å². The summed E-state index contributed by atoms with van der Waals surface area (Å²) in [5.41, 5.74) is 1.07. The Labute approximate surface area is 136 Å². The maximum Gasteiger partial charge on any atom is 0.268 e. The Hall–Kier alpha value is -3.04. The summed E-state index contributed by atoms with van der Waals surface area (Å²) in [5, 5.41) is 13.7. The molecule has 2 aromatic heterocycles. The molecule has 0 bridgehead atoms. The van der Waals surface area contributed by atoms with Crippen LogP contribution in [0.5, 0.6) is 5.75 Å². The van der Waals surface area contributed by atoms with Crippen molar-refractivity contribution in [1.82, 2.24) is 0 Å². The standard InChI is InChI=1S/C17H12N2O3S/c1-21-13-6-4-11(5-7-13)14-9-12(10-18)17(22-14)19-16(20)15-3-2-8-23-15/h2-9H,1H3,(H,19,20). The molecule has 5 nitrogen and oxygen atoms in total. The van der Waals surface area contributed by atoms with E-state index in [2.05, 4.69) is 5.32 Å². The monoisotopic (exact) mass is 324 g/mol. The summed E-state index contributed by atoms with van der Waals surface area (Å²) in [6.07, 6.45) is 0. The fourth-order valence-corrected chi connectivity index (χ4v) is 2.66. The molecule has 0 aliphatic heterocycles. The first-order valence-corrected chi connectivity index (χ1v) is 7.62. The van der Waals surface area contributed by atoms with E-state index in [1.165, 1.54) is 11.3 Å². The van der Waals surface area contributed by atoms with Crippen LogP contribution in [0, 0.1) is 11.3 Å². The first-order valence-electron chi connectivity index (χ1n) is 6.74. The van der Waals surface area contributed by atoms with E-state index in [0.29, 0.717) is 10.6 Å². The van der Waals surface area contributed by atoms with Crippen LogP contribution in [0.25, 0.3) is 11.3 Å². The predicted molar refractivity (Wildman–Crippen MR) is 87.7 cm³/mol. The molecule has 0 saturated heterocycles. The SMILES string of the molecule is COc1ccc(-c2cc(C#N)c(NC(=O)c3cccs3)o2)cc1. The van der Waals surface area contributed by atoms with Gasteiger partial charge in [0.05, 0.1) is 12.0 Å². The Morgan fingerprint density at radius 1 is 1.30 bits per heavy atom. The number of ether oxygens (including phenoxy) is 1. The number of anilines is 1. The van der Waals surface area contributed by atoms with Gasteiger partial charge in [-0.25, -0.2) is 0 Å². The van der Waals surface area contributed by atoms with Crippen LogP contribution in [0.4, 0.5) is 5.88 Å². The lowest BCUT2D eigenvalue weighted by Gasteiger charge is -2.01. The number of hydrogen-bond acceptors (Lipinski definition) is 5. The lowest BCUT2D eigenvalue weighted by Crippen LogP contribution is -2.10. The number of methoxy groups -OCH3 is 1. The molecule has 6 heteroatoms. The van der Waals surface area contributed by atoms with Crippen molar-refractivity contribution < 1.29 is 13.9 Å². The fourth-order valence-electron chi connectivity index (χ4n) is 2.04. The van der Waals surface area contributed by atoms with Crippen molar-refractivity contribution >= 4 is 23.1 Å². The highest BCUT2D eigenvalue weighted by Gasteiger charge is 2.16. The van der Waals surface area contributed by atoms with Crippen LogP contribution in [-0.4, -0.2) is 13.0 Å². The maximum absolute atomic E-state index is 12.1. The van der Waals surface area contributed by atoms with Gasteiger partial charge in [0.2, 0.25) is 5.88 Å². The number of hydrogen-bond donors (Lipinski definition) is 1. The van der Waals surface area contributed by atoms with E-state index in [9.17, 15) is 10.1 Å². The van der Waals surface area contributed by atoms with Gasteiger partial charge in [0.1, 0.15) is 23.1 Å². The molecule has 0 aliphatic carbocycles. The average Bonchev–Trinajstić information content (AvgIpc) is 3.24. The Bertz CT molecular complexity index is 858. The molecule has 3 aromatic rings. The number of carbonyl (C=O) groups is 1. The first-order chi connectivity index (χ1) is 11.2. The quantitative estimate of drug-likeness (QED) is 0.782. The summed E-state index contributed by atoms with van der Waals surface area (Å²) in [4.78, 5) is 12.6. The molecule has 0 aliphatic rings. The molecule has 0 atom stereocenters. The molecule has 1 N–H and O–H groups in total. The van der Waals surface area contributed by atoms with Crippen molar-refractivity contribution in [2.45, 2.75) is 0 Å². The normalized spacial score (nSPS) is 10.1. The number of carbonyl (C=O) groups excluding carboxylic acids is 1. The zero-order chi connectivity index (χ0) is 16.2. The van der Waals surface area contributed by atoms with Crippen molar-refractivity contribution in [3.05, 3.63) is 58.3 Å². The third-order valence-corrected chi connectivity index (χ3v) is 4.07. The van der Waals surface area contributed by atoms with Gasteiger partial charge in [-0.05, 0) is 35.7 Å². The van der Waals surface area contributed by atoms with Gasteiger partial charge < -0.3 is 9.15 Å². The zero-order valence-electron chi connectivity index (χ0n) is 12.2. The Kier molecular flexibility index (Phi) is 4.13. The minimum absolute atomic E-state index is 0.150. The maximum atomic E-state index is 12.1. The summed E-state index contributed by atoms with van der Waals surface area (Å²) >= 11 is 1.32. The number of nitriles is 1. The lowest BCUT2D eigenvalue weighted by molar-refractivity contribution is 0.102. The van der Waals surface area contributed by atoms with E-state index in [0.717, 1.165) is 11.3 Å². The van der Waals surface area contributed by atoms with Crippen molar-refractivity contribution in [3.63, 3.8) is 0 Å². The van der Waals surface area contributed by atoms with Gasteiger partial charge >= 0.3 is 0 Å². The molecular weight excluding hydrogens is 312 g/mol. The topological polar surface area (TPSA) is 75.3 Å². The minimum Gasteiger partial charge on any atom is -0.497 e. The second-order valence-corrected chi connectivity index (χ2v) is 5.57. The lowest BCUT2D eigenvalue weighted by atomic mass is 10.1. The second-order valence-electron chi connectivity index (χ2n) is 4.63. The van der Waals surface area contributed by atoms with Crippen molar-refractivity contribution in [2.75, 3.05) is 12.4 Å². The number of amides is 1. The number of nitrogens with one attached hydrogen (secondary N) is 1. The number of benzene rings is 1. The molecule has 0 saturated carbocycles. The van der Waals surface area contributed by atoms with Gasteiger partial charge in [-0.1, -0.05) is 6.07 Å². The van der Waals surface area contributed by atoms with Crippen molar-refractivity contribution in [1.29, 1.82) is 5.26 Å². The van der Waals surface area contributed by atoms with Crippen LogP contribution in [-0.2, 0) is 0 Å². The average molecular weight is 324 g/mol. The van der Waals surface area contributed by atoms with E-state index in [-0.39, 0.29) is 17.4 Å². The molecule has 0 radical (unpaired) electrons. The number of nitrogens with zero attached hydrogens (tertiary/aromatic N) is 1. The van der Waals surface area contributed by atoms with E-state index < -0.39 is 0 Å². The highest BCUT2D eigenvalue weighted by molar-refractivity contribution is 7.12. The number of rotatable bonds is 4. The predicted octanol–water partition coefficient (Wildman–Crippen LogP) is 4.14.